The Morgan fingerprint density at radius 1 is 1.18 bits per heavy atom. The van der Waals surface area contributed by atoms with Gasteiger partial charge in [0.05, 0.1) is 6.61 Å². The molecule has 0 unspecified atom stereocenters. The number of ether oxygens (including phenoxy) is 1. The van der Waals surface area contributed by atoms with Gasteiger partial charge in [0.25, 0.3) is 0 Å². The highest BCUT2D eigenvalue weighted by Gasteiger charge is 1.91. The van der Waals surface area contributed by atoms with Crippen molar-refractivity contribution in [3.8, 4) is 5.75 Å². The second-order valence-corrected chi connectivity index (χ2v) is 2.14. The highest BCUT2D eigenvalue weighted by atomic mass is 16.6. The van der Waals surface area contributed by atoms with Crippen LogP contribution in [0.5, 0.6) is 5.75 Å². The zero-order valence-electron chi connectivity index (χ0n) is 6.03. The number of aliphatic hydroxyl groups is 1. The minimum Gasteiger partial charge on any atom is -0.508 e. The molecule has 1 aromatic rings. The fourth-order valence-corrected chi connectivity index (χ4v) is 0.756. The number of aliphatic hydroxyl groups excluding tert-OH is 1. The van der Waals surface area contributed by atoms with E-state index in [1.54, 1.807) is 24.3 Å². The lowest BCUT2D eigenvalue weighted by Crippen LogP contribution is -1.92. The Labute approximate surface area is 64.9 Å². The lowest BCUT2D eigenvalue weighted by atomic mass is 10.2. The Hall–Kier alpha value is -1.06. The van der Waals surface area contributed by atoms with E-state index in [1.165, 1.54) is 0 Å². The number of hydrogen-bond acceptors (Lipinski definition) is 3. The molecule has 3 nitrogen and oxygen atoms in total. The number of benzene rings is 1. The van der Waals surface area contributed by atoms with Crippen LogP contribution in [0.2, 0.25) is 0 Å². The summed E-state index contributed by atoms with van der Waals surface area (Å²) in [5, 5.41) is 17.2. The van der Waals surface area contributed by atoms with E-state index in [0.717, 1.165) is 5.56 Å². The maximum absolute atomic E-state index is 8.89. The summed E-state index contributed by atoms with van der Waals surface area (Å²) in [4.78, 5) is 0. The summed E-state index contributed by atoms with van der Waals surface area (Å²) in [5.74, 6) is 0.234. The van der Waals surface area contributed by atoms with Crippen molar-refractivity contribution in [1.29, 1.82) is 0 Å². The van der Waals surface area contributed by atoms with E-state index in [4.69, 9.17) is 14.9 Å². The van der Waals surface area contributed by atoms with E-state index in [1.807, 2.05) is 0 Å². The first-order chi connectivity index (χ1) is 5.33. The van der Waals surface area contributed by atoms with E-state index < -0.39 is 0 Å². The van der Waals surface area contributed by atoms with Crippen LogP contribution in [0.25, 0.3) is 0 Å². The zero-order chi connectivity index (χ0) is 8.10. The van der Waals surface area contributed by atoms with E-state index in [9.17, 15) is 0 Å². The summed E-state index contributed by atoms with van der Waals surface area (Å²) in [6.07, 6.45) is 0. The molecule has 2 N–H and O–H groups in total. The fraction of sp³-hybridized carbons (Fsp3) is 0.250. The highest BCUT2D eigenvalue weighted by molar-refractivity contribution is 5.25. The molecule has 0 heterocycles. The van der Waals surface area contributed by atoms with Crippen molar-refractivity contribution in [2.24, 2.45) is 0 Å². The van der Waals surface area contributed by atoms with Crippen LogP contribution < -0.4 is 0 Å². The number of hydrogen-bond donors (Lipinski definition) is 2. The van der Waals surface area contributed by atoms with Gasteiger partial charge in [-0.2, -0.15) is 0 Å². The highest BCUT2D eigenvalue weighted by Crippen LogP contribution is 2.09. The second kappa shape index (κ2) is 3.95. The first-order valence-electron chi connectivity index (χ1n) is 3.29. The summed E-state index contributed by atoms with van der Waals surface area (Å²) in [7, 11) is 0. The molecule has 1 aromatic carbocycles. The van der Waals surface area contributed by atoms with Crippen molar-refractivity contribution in [3.05, 3.63) is 29.8 Å². The quantitative estimate of drug-likeness (QED) is 0.635. The van der Waals surface area contributed by atoms with Gasteiger partial charge in [-0.25, -0.2) is 0 Å². The molecule has 0 radical (unpaired) electrons. The lowest BCUT2D eigenvalue weighted by molar-refractivity contribution is -0.0112. The first-order valence-corrected chi connectivity index (χ1v) is 3.29. The Bertz CT molecular complexity index is 205. The Morgan fingerprint density at radius 3 is 2.36 bits per heavy atom. The van der Waals surface area contributed by atoms with Gasteiger partial charge in [0.1, 0.15) is 12.5 Å². The molecule has 1 rings (SSSR count). The third-order valence-corrected chi connectivity index (χ3v) is 1.30. The third-order valence-electron chi connectivity index (χ3n) is 1.30. The van der Waals surface area contributed by atoms with Gasteiger partial charge < -0.3 is 14.9 Å². The molecular formula is C8H10O3. The van der Waals surface area contributed by atoms with E-state index in [2.05, 4.69) is 0 Å². The maximum atomic E-state index is 8.89. The number of phenols is 1. The smallest absolute Gasteiger partial charge is 0.144 e. The molecule has 11 heavy (non-hydrogen) atoms. The van der Waals surface area contributed by atoms with Crippen LogP contribution in [0.15, 0.2) is 24.3 Å². The molecule has 0 aliphatic carbocycles. The summed E-state index contributed by atoms with van der Waals surface area (Å²) in [6.45, 7) is 0.0949. The van der Waals surface area contributed by atoms with Gasteiger partial charge in [-0.05, 0) is 17.7 Å². The fourth-order valence-electron chi connectivity index (χ4n) is 0.756. The van der Waals surface area contributed by atoms with Gasteiger partial charge in [0.15, 0.2) is 0 Å². The molecule has 0 bridgehead atoms. The Kier molecular flexibility index (Phi) is 2.89. The maximum Gasteiger partial charge on any atom is 0.144 e. The average Bonchev–Trinajstić information content (AvgIpc) is 2.04. The van der Waals surface area contributed by atoms with E-state index in [-0.39, 0.29) is 12.5 Å². The SMILES string of the molecule is OCOCc1ccc(O)cc1. The van der Waals surface area contributed by atoms with Gasteiger partial charge in [0.2, 0.25) is 0 Å². The summed E-state index contributed by atoms with van der Waals surface area (Å²) >= 11 is 0. The predicted octanol–water partition coefficient (Wildman–Crippen LogP) is 0.859. The predicted molar refractivity (Wildman–Crippen MR) is 40.0 cm³/mol. The van der Waals surface area contributed by atoms with Crippen LogP contribution in [-0.4, -0.2) is 17.0 Å². The summed E-state index contributed by atoms with van der Waals surface area (Å²) in [5.41, 5.74) is 0.928. The molecule has 0 saturated heterocycles. The van der Waals surface area contributed by atoms with Crippen molar-refractivity contribution in [2.75, 3.05) is 6.79 Å². The molecule has 3 heteroatoms. The van der Waals surface area contributed by atoms with E-state index in [0.29, 0.717) is 6.61 Å². The van der Waals surface area contributed by atoms with Crippen LogP contribution >= 0.6 is 0 Å². The van der Waals surface area contributed by atoms with Gasteiger partial charge in [0, 0.05) is 0 Å². The second-order valence-electron chi connectivity index (χ2n) is 2.14. The van der Waals surface area contributed by atoms with Crippen LogP contribution in [0.1, 0.15) is 5.56 Å². The number of phenolic OH excluding ortho intramolecular Hbond substituents is 1. The Morgan fingerprint density at radius 2 is 1.82 bits per heavy atom. The van der Waals surface area contributed by atoms with Gasteiger partial charge >= 0.3 is 0 Å². The van der Waals surface area contributed by atoms with Gasteiger partial charge in [-0.3, -0.25) is 0 Å². The molecule has 0 atom stereocenters. The minimum atomic E-state index is -0.277. The normalized spacial score (nSPS) is 9.91. The first kappa shape index (κ1) is 8.04. The molecule has 0 amide bonds. The molecule has 0 aliphatic heterocycles. The molecule has 0 spiro atoms. The lowest BCUT2D eigenvalue weighted by Gasteiger charge is -1.99. The summed E-state index contributed by atoms with van der Waals surface area (Å²) in [6, 6.07) is 6.64. The molecule has 0 fully saturated rings. The topological polar surface area (TPSA) is 49.7 Å². The van der Waals surface area contributed by atoms with Crippen LogP contribution in [0, 0.1) is 0 Å². The molecular weight excluding hydrogens is 144 g/mol. The van der Waals surface area contributed by atoms with Crippen molar-refractivity contribution in [2.45, 2.75) is 6.61 Å². The standard InChI is InChI=1S/C8H10O3/c9-6-11-5-7-1-3-8(10)4-2-7/h1-4,9-10H,5-6H2. The molecule has 0 aromatic heterocycles. The zero-order valence-corrected chi connectivity index (χ0v) is 6.03. The van der Waals surface area contributed by atoms with Crippen LogP contribution in [-0.2, 0) is 11.3 Å². The van der Waals surface area contributed by atoms with Crippen molar-refractivity contribution >= 4 is 0 Å². The number of rotatable bonds is 3. The van der Waals surface area contributed by atoms with Crippen molar-refractivity contribution < 1.29 is 14.9 Å². The largest absolute Gasteiger partial charge is 0.508 e. The molecule has 0 aliphatic rings. The average molecular weight is 154 g/mol. The molecule has 0 saturated carbocycles. The van der Waals surface area contributed by atoms with Crippen molar-refractivity contribution in [1.82, 2.24) is 0 Å². The Balaban J connectivity index is 2.52. The number of aromatic hydroxyl groups is 1. The van der Waals surface area contributed by atoms with E-state index >= 15 is 0 Å². The minimum absolute atomic E-state index is 0.234. The van der Waals surface area contributed by atoms with Crippen LogP contribution in [0.4, 0.5) is 0 Å². The van der Waals surface area contributed by atoms with Crippen LogP contribution in [0.3, 0.4) is 0 Å². The molecule has 60 valence electrons. The van der Waals surface area contributed by atoms with Gasteiger partial charge in [-0.15, -0.1) is 0 Å². The monoisotopic (exact) mass is 154 g/mol. The van der Waals surface area contributed by atoms with Crippen molar-refractivity contribution in [3.63, 3.8) is 0 Å². The summed E-state index contributed by atoms with van der Waals surface area (Å²) < 4.78 is 4.73. The third kappa shape index (κ3) is 2.57. The van der Waals surface area contributed by atoms with Gasteiger partial charge in [-0.1, -0.05) is 12.1 Å².